The zero-order valence-corrected chi connectivity index (χ0v) is 15.1. The molecular formula is C19H29N2O3+. The molecule has 0 unspecified atom stereocenters. The van der Waals surface area contributed by atoms with Crippen LogP contribution in [0, 0.1) is 5.92 Å². The van der Waals surface area contributed by atoms with Crippen LogP contribution in [0.5, 0.6) is 11.5 Å². The van der Waals surface area contributed by atoms with E-state index in [9.17, 15) is 4.79 Å². The Bertz CT molecular complexity index is 595. The Hall–Kier alpha value is -1.75. The van der Waals surface area contributed by atoms with Crippen LogP contribution in [-0.2, 0) is 17.8 Å². The van der Waals surface area contributed by atoms with E-state index < -0.39 is 0 Å². The molecule has 0 radical (unpaired) electrons. The van der Waals surface area contributed by atoms with Crippen molar-refractivity contribution < 1.29 is 19.2 Å². The summed E-state index contributed by atoms with van der Waals surface area (Å²) in [5.74, 6) is 2.59. The first-order valence-electron chi connectivity index (χ1n) is 8.95. The number of nitrogens with zero attached hydrogens (tertiary/aromatic N) is 1. The number of hydrogen-bond acceptors (Lipinski definition) is 3. The van der Waals surface area contributed by atoms with E-state index in [2.05, 4.69) is 6.92 Å². The fourth-order valence-electron chi connectivity index (χ4n) is 3.77. The molecule has 2 heterocycles. The van der Waals surface area contributed by atoms with Crippen LogP contribution < -0.4 is 14.4 Å². The van der Waals surface area contributed by atoms with E-state index in [1.165, 1.54) is 28.9 Å². The summed E-state index contributed by atoms with van der Waals surface area (Å²) < 4.78 is 10.8. The minimum atomic E-state index is 0.278. The van der Waals surface area contributed by atoms with Crippen molar-refractivity contribution in [1.29, 1.82) is 0 Å². The summed E-state index contributed by atoms with van der Waals surface area (Å²) in [5.41, 5.74) is 2.44. The summed E-state index contributed by atoms with van der Waals surface area (Å²) in [6.45, 7) is 6.67. The maximum atomic E-state index is 12.7. The number of quaternary nitrogens is 1. The number of piperidine rings is 1. The number of rotatable bonds is 4. The summed E-state index contributed by atoms with van der Waals surface area (Å²) in [6.07, 6.45) is 3.36. The van der Waals surface area contributed by atoms with E-state index in [4.69, 9.17) is 9.47 Å². The maximum Gasteiger partial charge on any atom is 0.278 e. The Morgan fingerprint density at radius 2 is 1.79 bits per heavy atom. The first-order chi connectivity index (χ1) is 11.6. The molecular weight excluding hydrogens is 304 g/mol. The van der Waals surface area contributed by atoms with Crippen molar-refractivity contribution in [3.8, 4) is 11.5 Å². The fourth-order valence-corrected chi connectivity index (χ4v) is 3.77. The summed E-state index contributed by atoms with van der Waals surface area (Å²) in [5, 5.41) is 0. The molecule has 1 fully saturated rings. The highest BCUT2D eigenvalue weighted by molar-refractivity contribution is 5.77. The van der Waals surface area contributed by atoms with Crippen molar-refractivity contribution in [3.05, 3.63) is 23.3 Å². The second-order valence-electron chi connectivity index (χ2n) is 7.15. The van der Waals surface area contributed by atoms with Gasteiger partial charge in [-0.3, -0.25) is 4.79 Å². The van der Waals surface area contributed by atoms with E-state index in [1.807, 2.05) is 17.0 Å². The van der Waals surface area contributed by atoms with Crippen LogP contribution in [0.3, 0.4) is 0 Å². The standard InChI is InChI=1S/C19H28N2O3/c1-14-4-7-20(8-5-14)13-19(22)21-9-6-15-10-17(23-2)18(24-3)11-16(15)12-21/h10-11,14H,4-9,12-13H2,1-3H3/p+1. The highest BCUT2D eigenvalue weighted by Gasteiger charge is 2.27. The lowest BCUT2D eigenvalue weighted by atomic mass is 9.98. The maximum absolute atomic E-state index is 12.7. The number of methoxy groups -OCH3 is 2. The van der Waals surface area contributed by atoms with E-state index >= 15 is 0 Å². The molecule has 5 nitrogen and oxygen atoms in total. The van der Waals surface area contributed by atoms with Gasteiger partial charge in [-0.25, -0.2) is 0 Å². The molecule has 1 saturated heterocycles. The number of fused-ring (bicyclic) bond motifs is 1. The van der Waals surface area contributed by atoms with Gasteiger partial charge in [0.15, 0.2) is 18.0 Å². The van der Waals surface area contributed by atoms with Gasteiger partial charge in [0.2, 0.25) is 0 Å². The predicted octanol–water partition coefficient (Wildman–Crippen LogP) is 0.903. The van der Waals surface area contributed by atoms with Crippen LogP contribution in [0.4, 0.5) is 0 Å². The second-order valence-corrected chi connectivity index (χ2v) is 7.15. The van der Waals surface area contributed by atoms with Crippen LogP contribution in [0.1, 0.15) is 30.9 Å². The van der Waals surface area contributed by atoms with E-state index in [0.29, 0.717) is 13.1 Å². The Balaban J connectivity index is 1.64. The minimum Gasteiger partial charge on any atom is -0.493 e. The molecule has 24 heavy (non-hydrogen) atoms. The van der Waals surface area contributed by atoms with Gasteiger partial charge < -0.3 is 19.3 Å². The lowest BCUT2D eigenvalue weighted by Crippen LogP contribution is -3.14. The van der Waals surface area contributed by atoms with Crippen molar-refractivity contribution in [3.63, 3.8) is 0 Å². The van der Waals surface area contributed by atoms with Crippen LogP contribution in [0.15, 0.2) is 12.1 Å². The Morgan fingerprint density at radius 3 is 2.42 bits per heavy atom. The van der Waals surface area contributed by atoms with E-state index in [-0.39, 0.29) is 5.91 Å². The third-order valence-electron chi connectivity index (χ3n) is 5.45. The monoisotopic (exact) mass is 333 g/mol. The summed E-state index contributed by atoms with van der Waals surface area (Å²) >= 11 is 0. The first kappa shape index (κ1) is 17.1. The molecule has 2 aliphatic heterocycles. The van der Waals surface area contributed by atoms with Crippen LogP contribution in [0.2, 0.25) is 0 Å². The van der Waals surface area contributed by atoms with Gasteiger partial charge in [-0.15, -0.1) is 0 Å². The molecule has 3 rings (SSSR count). The highest BCUT2D eigenvalue weighted by Crippen LogP contribution is 2.33. The molecule has 132 valence electrons. The molecule has 0 saturated carbocycles. The number of carbonyl (C=O) groups excluding carboxylic acids is 1. The number of hydrogen-bond donors (Lipinski definition) is 1. The number of carbonyl (C=O) groups is 1. The normalized spacial score (nSPS) is 23.5. The number of benzene rings is 1. The topological polar surface area (TPSA) is 43.2 Å². The van der Waals surface area contributed by atoms with Crippen molar-refractivity contribution in [2.75, 3.05) is 40.4 Å². The Labute approximate surface area is 144 Å². The SMILES string of the molecule is COc1cc2c(cc1OC)CN(C(=O)C[NH+]1CCC(C)CC1)CC2. The second kappa shape index (κ2) is 7.43. The molecule has 1 N–H and O–H groups in total. The van der Waals surface area contributed by atoms with E-state index in [0.717, 1.165) is 43.5 Å². The summed E-state index contributed by atoms with van der Waals surface area (Å²) in [7, 11) is 3.31. The van der Waals surface area contributed by atoms with E-state index in [1.54, 1.807) is 14.2 Å². The van der Waals surface area contributed by atoms with Gasteiger partial charge in [0, 0.05) is 13.1 Å². The van der Waals surface area contributed by atoms with Crippen molar-refractivity contribution in [2.24, 2.45) is 5.92 Å². The number of nitrogens with one attached hydrogen (secondary N) is 1. The largest absolute Gasteiger partial charge is 0.493 e. The average Bonchev–Trinajstić information content (AvgIpc) is 2.61. The van der Waals surface area contributed by atoms with Crippen molar-refractivity contribution in [2.45, 2.75) is 32.7 Å². The van der Waals surface area contributed by atoms with Gasteiger partial charge in [0.25, 0.3) is 5.91 Å². The smallest absolute Gasteiger partial charge is 0.278 e. The lowest BCUT2D eigenvalue weighted by molar-refractivity contribution is -0.898. The molecule has 0 spiro atoms. The molecule has 2 aliphatic rings. The van der Waals surface area contributed by atoms with Gasteiger partial charge in [-0.05, 0) is 48.4 Å². The Morgan fingerprint density at radius 1 is 1.17 bits per heavy atom. The molecule has 1 amide bonds. The fraction of sp³-hybridized carbons (Fsp3) is 0.632. The number of amides is 1. The predicted molar refractivity (Wildman–Crippen MR) is 92.6 cm³/mol. The number of likely N-dealkylation sites (tertiary alicyclic amines) is 1. The van der Waals surface area contributed by atoms with Gasteiger partial charge >= 0.3 is 0 Å². The third kappa shape index (κ3) is 3.66. The summed E-state index contributed by atoms with van der Waals surface area (Å²) in [6, 6.07) is 4.07. The molecule has 5 heteroatoms. The first-order valence-corrected chi connectivity index (χ1v) is 8.95. The van der Waals surface area contributed by atoms with Crippen LogP contribution in [0.25, 0.3) is 0 Å². The van der Waals surface area contributed by atoms with Gasteiger partial charge in [0.1, 0.15) is 0 Å². The van der Waals surface area contributed by atoms with Crippen LogP contribution in [-0.4, -0.2) is 51.2 Å². The molecule has 0 atom stereocenters. The molecule has 1 aromatic rings. The molecule has 1 aromatic carbocycles. The average molecular weight is 333 g/mol. The summed E-state index contributed by atoms with van der Waals surface area (Å²) in [4.78, 5) is 16.1. The molecule has 0 aromatic heterocycles. The van der Waals surface area contributed by atoms with Crippen LogP contribution >= 0.6 is 0 Å². The quantitative estimate of drug-likeness (QED) is 0.890. The molecule has 0 bridgehead atoms. The lowest BCUT2D eigenvalue weighted by Gasteiger charge is -2.32. The zero-order valence-electron chi connectivity index (χ0n) is 15.1. The van der Waals surface area contributed by atoms with Gasteiger partial charge in [-0.1, -0.05) is 6.92 Å². The van der Waals surface area contributed by atoms with Gasteiger partial charge in [-0.2, -0.15) is 0 Å². The van der Waals surface area contributed by atoms with Gasteiger partial charge in [0.05, 0.1) is 27.3 Å². The third-order valence-corrected chi connectivity index (χ3v) is 5.45. The number of ether oxygens (including phenoxy) is 2. The molecule has 0 aliphatic carbocycles. The highest BCUT2D eigenvalue weighted by atomic mass is 16.5. The van der Waals surface area contributed by atoms with Crippen molar-refractivity contribution in [1.82, 2.24) is 4.90 Å². The van der Waals surface area contributed by atoms with Crippen molar-refractivity contribution >= 4 is 5.91 Å². The zero-order chi connectivity index (χ0) is 17.1. The Kier molecular flexibility index (Phi) is 5.29. The minimum absolute atomic E-state index is 0.278.